The second-order valence-corrected chi connectivity index (χ2v) is 6.43. The van der Waals surface area contributed by atoms with Gasteiger partial charge in [0.15, 0.2) is 5.78 Å². The summed E-state index contributed by atoms with van der Waals surface area (Å²) in [6.45, 7) is 8.41. The van der Waals surface area contributed by atoms with Gasteiger partial charge in [-0.2, -0.15) is 0 Å². The number of rotatable bonds is 5. The summed E-state index contributed by atoms with van der Waals surface area (Å²) < 4.78 is 5.09. The molecule has 0 fully saturated rings. The van der Waals surface area contributed by atoms with Gasteiger partial charge in [0.05, 0.1) is 11.6 Å². The number of nitrogens with one attached hydrogen (secondary N) is 1. The number of hydrogen-bond donors (Lipinski definition) is 2. The van der Waals surface area contributed by atoms with E-state index in [2.05, 4.69) is 5.32 Å². The van der Waals surface area contributed by atoms with Gasteiger partial charge >= 0.3 is 12.1 Å². The van der Waals surface area contributed by atoms with Gasteiger partial charge in [-0.25, -0.2) is 9.59 Å². The average Bonchev–Trinajstić information content (AvgIpc) is 2.35. The highest BCUT2D eigenvalue weighted by Crippen LogP contribution is 2.16. The summed E-state index contributed by atoms with van der Waals surface area (Å²) >= 11 is 0. The number of carboxylic acids is 1. The number of carboxylic acid groups (broad SMARTS) is 1. The summed E-state index contributed by atoms with van der Waals surface area (Å²) in [5, 5.41) is 11.7. The van der Waals surface area contributed by atoms with Crippen LogP contribution in [0.2, 0.25) is 0 Å². The van der Waals surface area contributed by atoms with Gasteiger partial charge < -0.3 is 15.2 Å². The van der Waals surface area contributed by atoms with Crippen molar-refractivity contribution in [3.63, 3.8) is 0 Å². The fraction of sp³-hybridized carbons (Fsp3) is 0.471. The van der Waals surface area contributed by atoms with Crippen molar-refractivity contribution in [2.75, 3.05) is 0 Å². The van der Waals surface area contributed by atoms with Crippen LogP contribution in [0.1, 0.15) is 49.2 Å². The van der Waals surface area contributed by atoms with Crippen molar-refractivity contribution in [1.82, 2.24) is 5.32 Å². The Morgan fingerprint density at radius 1 is 1.26 bits per heavy atom. The monoisotopic (exact) mass is 321 g/mol. The molecule has 0 bridgehead atoms. The molecule has 23 heavy (non-hydrogen) atoms. The number of Topliss-reactive ketones (excluding diaryl/α,β-unsaturated/α-hetero) is 1. The highest BCUT2D eigenvalue weighted by molar-refractivity contribution is 5.95. The number of carbonyl (C=O) groups is 3. The Morgan fingerprint density at radius 2 is 1.87 bits per heavy atom. The SMILES string of the molecule is Cc1cccc(CC(=O)[C@H](C)NC(=O)OC(C)(C)C)c1C(=O)O. The topological polar surface area (TPSA) is 92.7 Å². The maximum absolute atomic E-state index is 12.2. The first-order valence-corrected chi connectivity index (χ1v) is 7.35. The predicted molar refractivity (Wildman–Crippen MR) is 85.7 cm³/mol. The van der Waals surface area contributed by atoms with E-state index in [9.17, 15) is 19.5 Å². The summed E-state index contributed by atoms with van der Waals surface area (Å²) in [5.74, 6) is -1.36. The molecule has 6 heteroatoms. The largest absolute Gasteiger partial charge is 0.478 e. The fourth-order valence-electron chi connectivity index (χ4n) is 2.09. The second kappa shape index (κ2) is 7.26. The number of alkyl carbamates (subject to hydrolysis) is 1. The van der Waals surface area contributed by atoms with Gasteiger partial charge in [0.1, 0.15) is 5.60 Å². The van der Waals surface area contributed by atoms with Crippen LogP contribution in [0.3, 0.4) is 0 Å². The Hall–Kier alpha value is -2.37. The van der Waals surface area contributed by atoms with Gasteiger partial charge in [-0.05, 0) is 45.7 Å². The first-order valence-electron chi connectivity index (χ1n) is 7.35. The highest BCUT2D eigenvalue weighted by Gasteiger charge is 2.22. The zero-order chi connectivity index (χ0) is 17.8. The fourth-order valence-corrected chi connectivity index (χ4v) is 2.09. The molecule has 1 atom stereocenters. The van der Waals surface area contributed by atoms with E-state index in [4.69, 9.17) is 4.74 Å². The molecule has 2 N–H and O–H groups in total. The maximum Gasteiger partial charge on any atom is 0.408 e. The average molecular weight is 321 g/mol. The molecule has 0 aliphatic rings. The Balaban J connectivity index is 2.79. The summed E-state index contributed by atoms with van der Waals surface area (Å²) in [6, 6.07) is 4.22. The smallest absolute Gasteiger partial charge is 0.408 e. The number of carbonyl (C=O) groups excluding carboxylic acids is 2. The van der Waals surface area contributed by atoms with E-state index in [-0.39, 0.29) is 17.8 Å². The molecule has 0 unspecified atom stereocenters. The third-order valence-electron chi connectivity index (χ3n) is 3.15. The molecule has 1 aromatic rings. The second-order valence-electron chi connectivity index (χ2n) is 6.43. The van der Waals surface area contributed by atoms with Crippen LogP contribution in [0.4, 0.5) is 4.79 Å². The quantitative estimate of drug-likeness (QED) is 0.870. The summed E-state index contributed by atoms with van der Waals surface area (Å²) in [4.78, 5) is 35.2. The Labute approximate surface area is 135 Å². The first kappa shape index (κ1) is 18.7. The lowest BCUT2D eigenvalue weighted by Gasteiger charge is -2.21. The molecule has 1 amide bonds. The number of aromatic carboxylic acids is 1. The Morgan fingerprint density at radius 3 is 2.39 bits per heavy atom. The van der Waals surface area contributed by atoms with E-state index < -0.39 is 23.7 Å². The van der Waals surface area contributed by atoms with Crippen LogP contribution in [0.25, 0.3) is 0 Å². The standard InChI is InChI=1S/C17H23NO5/c1-10-7-6-8-12(14(10)15(20)21)9-13(19)11(2)18-16(22)23-17(3,4)5/h6-8,11H,9H2,1-5H3,(H,18,22)(H,20,21)/t11-/m0/s1. The van der Waals surface area contributed by atoms with Crippen molar-refractivity contribution in [1.29, 1.82) is 0 Å². The lowest BCUT2D eigenvalue weighted by atomic mass is 9.96. The van der Waals surface area contributed by atoms with E-state index in [1.165, 1.54) is 0 Å². The molecule has 0 aliphatic heterocycles. The van der Waals surface area contributed by atoms with Gasteiger partial charge in [-0.3, -0.25) is 4.79 Å². The molecule has 1 aromatic carbocycles. The minimum Gasteiger partial charge on any atom is -0.478 e. The number of ketones is 1. The van der Waals surface area contributed by atoms with Crippen LogP contribution in [0.5, 0.6) is 0 Å². The minimum atomic E-state index is -1.07. The van der Waals surface area contributed by atoms with E-state index in [1.807, 2.05) is 0 Å². The van der Waals surface area contributed by atoms with Crippen molar-refractivity contribution in [3.05, 3.63) is 34.9 Å². The molecule has 1 rings (SSSR count). The molecular formula is C17H23NO5. The number of hydrogen-bond acceptors (Lipinski definition) is 4. The molecule has 0 saturated carbocycles. The van der Waals surface area contributed by atoms with E-state index >= 15 is 0 Å². The van der Waals surface area contributed by atoms with Crippen molar-refractivity contribution in [2.45, 2.75) is 52.7 Å². The number of amides is 1. The first-order chi connectivity index (χ1) is 10.5. The van der Waals surface area contributed by atoms with E-state index in [0.717, 1.165) is 0 Å². The zero-order valence-electron chi connectivity index (χ0n) is 14.1. The molecule has 126 valence electrons. The minimum absolute atomic E-state index is 0.0692. The van der Waals surface area contributed by atoms with Crippen LogP contribution >= 0.6 is 0 Å². The van der Waals surface area contributed by atoms with Crippen LogP contribution in [-0.2, 0) is 16.0 Å². The predicted octanol–water partition coefficient (Wildman–Crippen LogP) is 2.72. The van der Waals surface area contributed by atoms with Crippen molar-refractivity contribution >= 4 is 17.8 Å². The summed E-state index contributed by atoms with van der Waals surface area (Å²) in [7, 11) is 0. The zero-order valence-corrected chi connectivity index (χ0v) is 14.1. The Bertz CT molecular complexity index is 616. The third-order valence-corrected chi connectivity index (χ3v) is 3.15. The van der Waals surface area contributed by atoms with Gasteiger partial charge in [0.2, 0.25) is 0 Å². The molecule has 0 spiro atoms. The van der Waals surface area contributed by atoms with E-state index in [1.54, 1.807) is 52.8 Å². The van der Waals surface area contributed by atoms with Gasteiger partial charge in [0, 0.05) is 6.42 Å². The van der Waals surface area contributed by atoms with Gasteiger partial charge in [-0.1, -0.05) is 18.2 Å². The molecule has 0 heterocycles. The van der Waals surface area contributed by atoms with Crippen LogP contribution in [-0.4, -0.2) is 34.6 Å². The Kier molecular flexibility index (Phi) is 5.90. The summed E-state index contributed by atoms with van der Waals surface area (Å²) in [5.41, 5.74) is 0.501. The van der Waals surface area contributed by atoms with Crippen LogP contribution in [0.15, 0.2) is 18.2 Å². The lowest BCUT2D eigenvalue weighted by molar-refractivity contribution is -0.120. The summed E-state index contributed by atoms with van der Waals surface area (Å²) in [6.07, 6.45) is -0.749. The van der Waals surface area contributed by atoms with Crippen molar-refractivity contribution < 1.29 is 24.2 Å². The number of benzene rings is 1. The normalized spacial score (nSPS) is 12.4. The van der Waals surface area contributed by atoms with Gasteiger partial charge in [-0.15, -0.1) is 0 Å². The van der Waals surface area contributed by atoms with Crippen LogP contribution < -0.4 is 5.32 Å². The lowest BCUT2D eigenvalue weighted by Crippen LogP contribution is -2.42. The molecular weight excluding hydrogens is 298 g/mol. The number of ether oxygens (including phenoxy) is 1. The van der Waals surface area contributed by atoms with Crippen molar-refractivity contribution in [2.24, 2.45) is 0 Å². The highest BCUT2D eigenvalue weighted by atomic mass is 16.6. The van der Waals surface area contributed by atoms with E-state index in [0.29, 0.717) is 11.1 Å². The molecule has 0 saturated heterocycles. The molecule has 0 aliphatic carbocycles. The maximum atomic E-state index is 12.2. The van der Waals surface area contributed by atoms with Gasteiger partial charge in [0.25, 0.3) is 0 Å². The molecule has 0 aromatic heterocycles. The number of aryl methyl sites for hydroxylation is 1. The molecule has 6 nitrogen and oxygen atoms in total. The van der Waals surface area contributed by atoms with Crippen molar-refractivity contribution in [3.8, 4) is 0 Å². The van der Waals surface area contributed by atoms with Crippen LogP contribution in [0, 0.1) is 6.92 Å². The molecule has 0 radical (unpaired) electrons. The third kappa shape index (κ3) is 5.73.